The summed E-state index contributed by atoms with van der Waals surface area (Å²) in [5.41, 5.74) is 0. The van der Waals surface area contributed by atoms with Gasteiger partial charge in [0, 0.05) is 25.4 Å². The van der Waals surface area contributed by atoms with Gasteiger partial charge in [0.15, 0.2) is 0 Å². The third-order valence-electron chi connectivity index (χ3n) is 5.01. The van der Waals surface area contributed by atoms with Crippen molar-refractivity contribution in [2.24, 2.45) is 11.8 Å². The van der Waals surface area contributed by atoms with Crippen molar-refractivity contribution in [3.05, 3.63) is 12.2 Å². The number of carbonyl (C=O) groups excluding carboxylic acids is 1. The van der Waals surface area contributed by atoms with Gasteiger partial charge in [-0.05, 0) is 25.7 Å². The molecule has 2 aliphatic carbocycles. The van der Waals surface area contributed by atoms with Crippen LogP contribution in [0.15, 0.2) is 12.2 Å². The molecule has 1 heterocycles. The van der Waals surface area contributed by atoms with Crippen LogP contribution in [0, 0.1) is 11.8 Å². The van der Waals surface area contributed by atoms with Crippen molar-refractivity contribution < 1.29 is 14.3 Å². The average Bonchev–Trinajstić information content (AvgIpc) is 2.47. The van der Waals surface area contributed by atoms with Gasteiger partial charge in [-0.15, -0.1) is 0 Å². The lowest BCUT2D eigenvalue weighted by molar-refractivity contribution is -0.155. The van der Waals surface area contributed by atoms with Gasteiger partial charge in [0.25, 0.3) is 0 Å². The van der Waals surface area contributed by atoms with Gasteiger partial charge in [0.1, 0.15) is 5.78 Å². The fourth-order valence-corrected chi connectivity index (χ4v) is 3.82. The van der Waals surface area contributed by atoms with Gasteiger partial charge in [-0.25, -0.2) is 0 Å². The molecule has 2 fully saturated rings. The fraction of sp³-hybridized carbons (Fsp3) is 0.812. The summed E-state index contributed by atoms with van der Waals surface area (Å²) >= 11 is 0. The normalized spacial score (nSPS) is 43.0. The molecule has 0 aromatic carbocycles. The number of hydrogen-bond donors (Lipinski definition) is 0. The van der Waals surface area contributed by atoms with Crippen LogP contribution >= 0.6 is 0 Å². The predicted octanol–water partition coefficient (Wildman–Crippen LogP) is 2.88. The number of methoxy groups -OCH3 is 1. The lowest BCUT2D eigenvalue weighted by Crippen LogP contribution is -2.46. The van der Waals surface area contributed by atoms with E-state index in [0.29, 0.717) is 18.1 Å². The number of hydrogen-bond acceptors (Lipinski definition) is 3. The monoisotopic (exact) mass is 264 g/mol. The zero-order valence-electron chi connectivity index (χ0n) is 11.7. The maximum absolute atomic E-state index is 12.3. The van der Waals surface area contributed by atoms with Crippen molar-refractivity contribution in [2.75, 3.05) is 7.11 Å². The summed E-state index contributed by atoms with van der Waals surface area (Å²) in [7, 11) is 1.75. The highest BCUT2D eigenvalue weighted by atomic mass is 16.5. The summed E-state index contributed by atoms with van der Waals surface area (Å²) in [6.45, 7) is 0. The topological polar surface area (TPSA) is 35.5 Å². The predicted molar refractivity (Wildman–Crippen MR) is 72.9 cm³/mol. The molecule has 0 radical (unpaired) electrons. The van der Waals surface area contributed by atoms with E-state index in [0.717, 1.165) is 25.7 Å². The maximum atomic E-state index is 12.3. The number of Topliss-reactive ketones (excluding diaryl/α,β-unsaturated/α-hetero) is 1. The van der Waals surface area contributed by atoms with E-state index in [-0.39, 0.29) is 24.2 Å². The van der Waals surface area contributed by atoms with Crippen molar-refractivity contribution >= 4 is 5.78 Å². The fourth-order valence-electron chi connectivity index (χ4n) is 3.82. The third-order valence-corrected chi connectivity index (χ3v) is 5.01. The first-order chi connectivity index (χ1) is 9.28. The summed E-state index contributed by atoms with van der Waals surface area (Å²) in [6.07, 6.45) is 12.2. The average molecular weight is 264 g/mol. The highest BCUT2D eigenvalue weighted by Crippen LogP contribution is 2.37. The highest BCUT2D eigenvalue weighted by molar-refractivity contribution is 5.82. The second kappa shape index (κ2) is 5.76. The number of ketones is 1. The number of ether oxygens (including phenoxy) is 2. The van der Waals surface area contributed by atoms with Crippen molar-refractivity contribution in [1.29, 1.82) is 0 Å². The Morgan fingerprint density at radius 1 is 1.11 bits per heavy atom. The Bertz CT molecular complexity index is 363. The molecule has 19 heavy (non-hydrogen) atoms. The quantitative estimate of drug-likeness (QED) is 0.719. The largest absolute Gasteiger partial charge is 0.377 e. The van der Waals surface area contributed by atoms with E-state index >= 15 is 0 Å². The van der Waals surface area contributed by atoms with Gasteiger partial charge >= 0.3 is 0 Å². The molecule has 3 aliphatic rings. The Kier molecular flexibility index (Phi) is 4.04. The molecule has 1 saturated heterocycles. The molecular formula is C16H24O3. The molecule has 3 nitrogen and oxygen atoms in total. The molecular weight excluding hydrogens is 240 g/mol. The van der Waals surface area contributed by atoms with Gasteiger partial charge in [-0.1, -0.05) is 25.0 Å². The molecule has 5 unspecified atom stereocenters. The molecule has 0 N–H and O–H groups in total. The van der Waals surface area contributed by atoms with E-state index < -0.39 is 0 Å². The highest BCUT2D eigenvalue weighted by Gasteiger charge is 2.41. The standard InChI is InChI=1S/C16H24O3/c1-18-12-8-6-11(7-9-12)16-10-14(17)13-4-2-3-5-15(13)19-16/h6,8,11-13,15-16H,2-5,7,9-10H2,1H3. The van der Waals surface area contributed by atoms with E-state index in [1.165, 1.54) is 12.8 Å². The second-order valence-electron chi connectivity index (χ2n) is 6.17. The Labute approximate surface area is 115 Å². The zero-order valence-corrected chi connectivity index (χ0v) is 11.7. The van der Waals surface area contributed by atoms with Crippen LogP contribution in [-0.4, -0.2) is 31.2 Å². The minimum Gasteiger partial charge on any atom is -0.377 e. The minimum atomic E-state index is 0.112. The Hall–Kier alpha value is -0.670. The van der Waals surface area contributed by atoms with Crippen LogP contribution in [0.5, 0.6) is 0 Å². The van der Waals surface area contributed by atoms with E-state index in [9.17, 15) is 4.79 Å². The molecule has 0 aromatic rings. The van der Waals surface area contributed by atoms with Gasteiger partial charge < -0.3 is 9.47 Å². The van der Waals surface area contributed by atoms with Crippen LogP contribution in [0.25, 0.3) is 0 Å². The molecule has 1 aliphatic heterocycles. The van der Waals surface area contributed by atoms with Crippen molar-refractivity contribution in [1.82, 2.24) is 0 Å². The Morgan fingerprint density at radius 3 is 2.68 bits per heavy atom. The van der Waals surface area contributed by atoms with E-state index in [1.54, 1.807) is 7.11 Å². The summed E-state index contributed by atoms with van der Waals surface area (Å²) in [4.78, 5) is 12.3. The SMILES string of the molecule is COC1C=CC(C2CC(=O)C3CCCCC3O2)CC1. The van der Waals surface area contributed by atoms with Crippen LogP contribution in [0.1, 0.15) is 44.9 Å². The summed E-state index contributed by atoms with van der Waals surface area (Å²) in [5.74, 6) is 1.05. The molecule has 1 saturated carbocycles. The van der Waals surface area contributed by atoms with Crippen molar-refractivity contribution in [2.45, 2.75) is 63.3 Å². The van der Waals surface area contributed by atoms with E-state index in [2.05, 4.69) is 12.2 Å². The first kappa shape index (κ1) is 13.3. The summed E-state index contributed by atoms with van der Waals surface area (Å²) < 4.78 is 11.6. The molecule has 0 aromatic heterocycles. The van der Waals surface area contributed by atoms with Crippen LogP contribution in [0.2, 0.25) is 0 Å². The van der Waals surface area contributed by atoms with Crippen LogP contribution < -0.4 is 0 Å². The van der Waals surface area contributed by atoms with Crippen LogP contribution in [-0.2, 0) is 14.3 Å². The molecule has 0 spiro atoms. The van der Waals surface area contributed by atoms with Crippen LogP contribution in [0.3, 0.4) is 0 Å². The van der Waals surface area contributed by atoms with E-state index in [1.807, 2.05) is 0 Å². The maximum Gasteiger partial charge on any atom is 0.141 e. The number of rotatable bonds is 2. The smallest absolute Gasteiger partial charge is 0.141 e. The minimum absolute atomic E-state index is 0.112. The molecule has 0 amide bonds. The van der Waals surface area contributed by atoms with Gasteiger partial charge in [0.2, 0.25) is 0 Å². The first-order valence-corrected chi connectivity index (χ1v) is 7.67. The number of fused-ring (bicyclic) bond motifs is 1. The third kappa shape index (κ3) is 2.77. The van der Waals surface area contributed by atoms with E-state index in [4.69, 9.17) is 9.47 Å². The Balaban J connectivity index is 1.65. The molecule has 3 rings (SSSR count). The summed E-state index contributed by atoms with van der Waals surface area (Å²) in [6, 6.07) is 0. The first-order valence-electron chi connectivity index (χ1n) is 7.67. The van der Waals surface area contributed by atoms with Crippen molar-refractivity contribution in [3.63, 3.8) is 0 Å². The van der Waals surface area contributed by atoms with Crippen LogP contribution in [0.4, 0.5) is 0 Å². The van der Waals surface area contributed by atoms with Crippen molar-refractivity contribution in [3.8, 4) is 0 Å². The lowest BCUT2D eigenvalue weighted by atomic mass is 9.77. The molecule has 5 atom stereocenters. The lowest BCUT2D eigenvalue weighted by Gasteiger charge is -2.41. The Morgan fingerprint density at radius 2 is 1.95 bits per heavy atom. The van der Waals surface area contributed by atoms with Gasteiger partial charge in [0.05, 0.1) is 18.3 Å². The molecule has 106 valence electrons. The molecule has 0 bridgehead atoms. The summed E-state index contributed by atoms with van der Waals surface area (Å²) in [5, 5.41) is 0. The zero-order chi connectivity index (χ0) is 13.2. The van der Waals surface area contributed by atoms with Gasteiger partial charge in [-0.3, -0.25) is 4.79 Å². The molecule has 3 heteroatoms. The second-order valence-corrected chi connectivity index (χ2v) is 6.17. The number of carbonyl (C=O) groups is 1. The van der Waals surface area contributed by atoms with Gasteiger partial charge in [-0.2, -0.15) is 0 Å².